The van der Waals surface area contributed by atoms with Gasteiger partial charge in [-0.1, -0.05) is 25.2 Å². The Kier molecular flexibility index (Phi) is 3.83. The van der Waals surface area contributed by atoms with E-state index in [1.165, 1.54) is 5.56 Å². The van der Waals surface area contributed by atoms with Gasteiger partial charge in [0.25, 0.3) is 0 Å². The molecule has 70 valence electrons. The van der Waals surface area contributed by atoms with Crippen molar-refractivity contribution in [2.24, 2.45) is 11.7 Å². The average Bonchev–Trinajstić information content (AvgIpc) is 2.04. The van der Waals surface area contributed by atoms with E-state index >= 15 is 0 Å². The summed E-state index contributed by atoms with van der Waals surface area (Å²) in [4.78, 5) is 4.65. The highest BCUT2D eigenvalue weighted by Crippen LogP contribution is 2.10. The van der Waals surface area contributed by atoms with Crippen molar-refractivity contribution in [2.75, 3.05) is 0 Å². The topological polar surface area (TPSA) is 38.9 Å². The fourth-order valence-corrected chi connectivity index (χ4v) is 1.62. The summed E-state index contributed by atoms with van der Waals surface area (Å²) in [7, 11) is 0. The molecule has 1 atom stereocenters. The van der Waals surface area contributed by atoms with Crippen LogP contribution >= 0.6 is 12.2 Å². The molecular weight excluding hydrogens is 180 g/mol. The minimum atomic E-state index is 0.502. The molecule has 0 aliphatic rings. The summed E-state index contributed by atoms with van der Waals surface area (Å²) >= 11 is 4.85. The Balaban J connectivity index is 2.45. The normalized spacial score (nSPS) is 12.4. The number of hydrogen-bond acceptors (Lipinski definition) is 2. The minimum Gasteiger partial charge on any atom is -0.393 e. The van der Waals surface area contributed by atoms with Gasteiger partial charge in [0, 0.05) is 18.8 Å². The molecule has 0 radical (unpaired) electrons. The van der Waals surface area contributed by atoms with Gasteiger partial charge in [-0.05, 0) is 24.0 Å². The van der Waals surface area contributed by atoms with Gasteiger partial charge in [0.05, 0.1) is 4.99 Å². The maximum Gasteiger partial charge on any atom is 0.0730 e. The smallest absolute Gasteiger partial charge is 0.0730 e. The SMILES string of the molecule is CC(CC(N)=S)Cc1cccnc1. The lowest BCUT2D eigenvalue weighted by Crippen LogP contribution is -2.13. The standard InChI is InChI=1S/C10H14N2S/c1-8(6-10(11)13)5-9-3-2-4-12-7-9/h2-4,7-8H,5-6H2,1H3,(H2,11,13). The third kappa shape index (κ3) is 3.99. The molecule has 1 aromatic rings. The van der Waals surface area contributed by atoms with Gasteiger partial charge in [-0.2, -0.15) is 0 Å². The molecule has 0 amide bonds. The first-order valence-corrected chi connectivity index (χ1v) is 4.76. The maximum absolute atomic E-state index is 5.46. The van der Waals surface area contributed by atoms with Gasteiger partial charge in [-0.3, -0.25) is 4.98 Å². The van der Waals surface area contributed by atoms with Gasteiger partial charge in [0.15, 0.2) is 0 Å². The predicted octanol–water partition coefficient (Wildman–Crippen LogP) is 1.94. The average molecular weight is 194 g/mol. The fraction of sp³-hybridized carbons (Fsp3) is 0.400. The van der Waals surface area contributed by atoms with Crippen LogP contribution in [0.15, 0.2) is 24.5 Å². The lowest BCUT2D eigenvalue weighted by atomic mass is 9.99. The van der Waals surface area contributed by atoms with Crippen molar-refractivity contribution in [1.82, 2.24) is 4.98 Å². The van der Waals surface area contributed by atoms with Crippen molar-refractivity contribution in [3.05, 3.63) is 30.1 Å². The van der Waals surface area contributed by atoms with E-state index in [-0.39, 0.29) is 0 Å². The van der Waals surface area contributed by atoms with Gasteiger partial charge in [0.1, 0.15) is 0 Å². The molecule has 3 heteroatoms. The van der Waals surface area contributed by atoms with Crippen LogP contribution in [-0.2, 0) is 6.42 Å². The summed E-state index contributed by atoms with van der Waals surface area (Å²) in [6.07, 6.45) is 5.47. The molecule has 0 bridgehead atoms. The van der Waals surface area contributed by atoms with Crippen molar-refractivity contribution in [1.29, 1.82) is 0 Å². The quantitative estimate of drug-likeness (QED) is 0.744. The summed E-state index contributed by atoms with van der Waals surface area (Å²) in [6, 6.07) is 4.02. The van der Waals surface area contributed by atoms with Crippen LogP contribution in [0, 0.1) is 5.92 Å². The molecule has 0 saturated heterocycles. The molecule has 0 aliphatic carbocycles. The first-order chi connectivity index (χ1) is 6.18. The molecule has 0 fully saturated rings. The van der Waals surface area contributed by atoms with E-state index in [0.29, 0.717) is 10.9 Å². The zero-order chi connectivity index (χ0) is 9.68. The minimum absolute atomic E-state index is 0.502. The van der Waals surface area contributed by atoms with E-state index in [4.69, 9.17) is 18.0 Å². The van der Waals surface area contributed by atoms with Gasteiger partial charge in [0.2, 0.25) is 0 Å². The molecule has 13 heavy (non-hydrogen) atoms. The third-order valence-electron chi connectivity index (χ3n) is 1.86. The zero-order valence-corrected chi connectivity index (χ0v) is 8.55. The van der Waals surface area contributed by atoms with Gasteiger partial charge in [-0.25, -0.2) is 0 Å². The Labute approximate surface area is 84.2 Å². The van der Waals surface area contributed by atoms with E-state index in [1.54, 1.807) is 6.20 Å². The number of aromatic nitrogens is 1. The Morgan fingerprint density at radius 3 is 3.00 bits per heavy atom. The number of hydrogen-bond donors (Lipinski definition) is 1. The third-order valence-corrected chi connectivity index (χ3v) is 2.02. The van der Waals surface area contributed by atoms with Gasteiger partial charge >= 0.3 is 0 Å². The first-order valence-electron chi connectivity index (χ1n) is 4.35. The van der Waals surface area contributed by atoms with Crippen LogP contribution < -0.4 is 5.73 Å². The van der Waals surface area contributed by atoms with Crippen molar-refractivity contribution >= 4 is 17.2 Å². The Morgan fingerprint density at radius 2 is 2.46 bits per heavy atom. The Bertz CT molecular complexity index is 272. The van der Waals surface area contributed by atoms with Crippen LogP contribution in [0.2, 0.25) is 0 Å². The van der Waals surface area contributed by atoms with Crippen LogP contribution in [-0.4, -0.2) is 9.97 Å². The summed E-state index contributed by atoms with van der Waals surface area (Å²) in [5.41, 5.74) is 6.70. The van der Waals surface area contributed by atoms with Gasteiger partial charge in [-0.15, -0.1) is 0 Å². The highest BCUT2D eigenvalue weighted by molar-refractivity contribution is 7.80. The van der Waals surface area contributed by atoms with Crippen molar-refractivity contribution in [3.63, 3.8) is 0 Å². The monoisotopic (exact) mass is 194 g/mol. The molecule has 1 unspecified atom stereocenters. The largest absolute Gasteiger partial charge is 0.393 e. The maximum atomic E-state index is 5.46. The fourth-order valence-electron chi connectivity index (χ4n) is 1.34. The van der Waals surface area contributed by atoms with E-state index < -0.39 is 0 Å². The summed E-state index contributed by atoms with van der Waals surface area (Å²) < 4.78 is 0. The molecule has 0 spiro atoms. The molecule has 0 aliphatic heterocycles. The predicted molar refractivity (Wildman–Crippen MR) is 58.5 cm³/mol. The van der Waals surface area contributed by atoms with Crippen molar-refractivity contribution in [2.45, 2.75) is 19.8 Å². The summed E-state index contributed by atoms with van der Waals surface area (Å²) in [5, 5.41) is 0. The molecule has 0 saturated carbocycles. The number of nitrogens with two attached hydrogens (primary N) is 1. The molecule has 0 aromatic carbocycles. The van der Waals surface area contributed by atoms with E-state index in [1.807, 2.05) is 12.3 Å². The van der Waals surface area contributed by atoms with Crippen LogP contribution in [0.5, 0.6) is 0 Å². The summed E-state index contributed by atoms with van der Waals surface area (Å²) in [6.45, 7) is 2.14. The number of nitrogens with zero attached hydrogens (tertiary/aromatic N) is 1. The van der Waals surface area contributed by atoms with E-state index in [9.17, 15) is 0 Å². The summed E-state index contributed by atoms with van der Waals surface area (Å²) in [5.74, 6) is 0.502. The number of rotatable bonds is 4. The van der Waals surface area contributed by atoms with Crippen LogP contribution in [0.1, 0.15) is 18.9 Å². The Hall–Kier alpha value is -0.960. The molecule has 1 rings (SSSR count). The number of pyridine rings is 1. The second kappa shape index (κ2) is 4.92. The highest BCUT2D eigenvalue weighted by atomic mass is 32.1. The molecule has 2 N–H and O–H groups in total. The second-order valence-electron chi connectivity index (χ2n) is 3.34. The molecular formula is C10H14N2S. The van der Waals surface area contributed by atoms with Crippen molar-refractivity contribution in [3.8, 4) is 0 Å². The van der Waals surface area contributed by atoms with Gasteiger partial charge < -0.3 is 5.73 Å². The Morgan fingerprint density at radius 1 is 1.69 bits per heavy atom. The number of thiocarbonyl (C=S) groups is 1. The highest BCUT2D eigenvalue weighted by Gasteiger charge is 2.04. The first kappa shape index (κ1) is 10.1. The van der Waals surface area contributed by atoms with Crippen LogP contribution in [0.3, 0.4) is 0 Å². The molecule has 1 heterocycles. The lowest BCUT2D eigenvalue weighted by Gasteiger charge is -2.09. The van der Waals surface area contributed by atoms with E-state index in [0.717, 1.165) is 12.8 Å². The van der Waals surface area contributed by atoms with Crippen LogP contribution in [0.25, 0.3) is 0 Å². The van der Waals surface area contributed by atoms with Crippen molar-refractivity contribution < 1.29 is 0 Å². The second-order valence-corrected chi connectivity index (χ2v) is 3.87. The van der Waals surface area contributed by atoms with Crippen LogP contribution in [0.4, 0.5) is 0 Å². The van der Waals surface area contributed by atoms with E-state index in [2.05, 4.69) is 18.0 Å². The molecule has 1 aromatic heterocycles. The molecule has 2 nitrogen and oxygen atoms in total. The zero-order valence-electron chi connectivity index (χ0n) is 7.73. The lowest BCUT2D eigenvalue weighted by molar-refractivity contribution is 0.606.